The molecule has 0 bridgehead atoms. The molecule has 2 aromatic rings. The average molecular weight is 365 g/mol. The molecular weight excluding hydrogens is 346 g/mol. The van der Waals surface area contributed by atoms with Crippen LogP contribution >= 0.6 is 11.3 Å². The van der Waals surface area contributed by atoms with E-state index in [-0.39, 0.29) is 18.4 Å². The van der Waals surface area contributed by atoms with Gasteiger partial charge in [0.05, 0.1) is 11.0 Å². The number of methoxy groups -OCH3 is 1. The maximum atomic E-state index is 12.3. The van der Waals surface area contributed by atoms with Crippen molar-refractivity contribution in [2.45, 2.75) is 37.8 Å². The zero-order valence-corrected chi connectivity index (χ0v) is 14.6. The number of hydrogen-bond acceptors (Lipinski definition) is 7. The van der Waals surface area contributed by atoms with Gasteiger partial charge in [0.15, 0.2) is 0 Å². The first-order valence-corrected chi connectivity index (χ1v) is 8.88. The predicted molar refractivity (Wildman–Crippen MR) is 89.1 cm³/mol. The number of aryl methyl sites for hydroxylation is 1. The molecule has 0 saturated carbocycles. The minimum Gasteiger partial charge on any atom is -0.480 e. The molecule has 0 radical (unpaired) electrons. The zero-order valence-electron chi connectivity index (χ0n) is 13.8. The highest BCUT2D eigenvalue weighted by molar-refractivity contribution is 7.13. The lowest BCUT2D eigenvalue weighted by Crippen LogP contribution is -2.40. The second kappa shape index (κ2) is 7.75. The lowest BCUT2D eigenvalue weighted by Gasteiger charge is -2.21. The summed E-state index contributed by atoms with van der Waals surface area (Å²) in [5, 5.41) is 15.1. The molecule has 8 nitrogen and oxygen atoms in total. The number of carbonyl (C=O) groups excluding carboxylic acids is 1. The molecule has 0 aliphatic carbocycles. The minimum atomic E-state index is -0.995. The number of carbonyl (C=O) groups is 2. The normalized spacial score (nSPS) is 20.1. The number of likely N-dealkylation sites (tertiary alicyclic amines) is 1. The van der Waals surface area contributed by atoms with Gasteiger partial charge in [-0.25, -0.2) is 4.79 Å². The molecule has 9 heteroatoms. The third-order valence-corrected chi connectivity index (χ3v) is 5.06. The minimum absolute atomic E-state index is 0.190. The fourth-order valence-corrected chi connectivity index (χ4v) is 3.52. The van der Waals surface area contributed by atoms with Crippen LogP contribution < -0.4 is 0 Å². The molecule has 0 aromatic carbocycles. The molecule has 1 fully saturated rings. The van der Waals surface area contributed by atoms with E-state index in [1.54, 1.807) is 0 Å². The van der Waals surface area contributed by atoms with E-state index in [9.17, 15) is 14.7 Å². The Morgan fingerprint density at radius 2 is 2.36 bits per heavy atom. The fourth-order valence-electron chi connectivity index (χ4n) is 2.87. The summed E-state index contributed by atoms with van der Waals surface area (Å²) in [6, 6.07) is 3.01. The molecule has 3 heterocycles. The number of aliphatic carboxylic acids is 1. The second-order valence-corrected chi connectivity index (χ2v) is 6.78. The zero-order chi connectivity index (χ0) is 17.8. The van der Waals surface area contributed by atoms with Crippen LogP contribution in [0.1, 0.15) is 25.2 Å². The maximum absolute atomic E-state index is 12.3. The first kappa shape index (κ1) is 17.6. The predicted octanol–water partition coefficient (Wildman–Crippen LogP) is 1.82. The van der Waals surface area contributed by atoms with Gasteiger partial charge in [-0.1, -0.05) is 11.2 Å². The molecular formula is C16H19N3O5S. The van der Waals surface area contributed by atoms with Gasteiger partial charge < -0.3 is 19.3 Å². The van der Waals surface area contributed by atoms with E-state index in [0.717, 1.165) is 4.88 Å². The van der Waals surface area contributed by atoms with Gasteiger partial charge in [-0.05, 0) is 17.9 Å². The van der Waals surface area contributed by atoms with Gasteiger partial charge in [0.25, 0.3) is 0 Å². The van der Waals surface area contributed by atoms with Crippen molar-refractivity contribution in [1.82, 2.24) is 15.0 Å². The van der Waals surface area contributed by atoms with Crippen molar-refractivity contribution in [3.8, 4) is 10.7 Å². The van der Waals surface area contributed by atoms with E-state index in [1.807, 2.05) is 17.5 Å². The number of rotatable bonds is 7. The first-order chi connectivity index (χ1) is 12.1. The molecule has 3 rings (SSSR count). The van der Waals surface area contributed by atoms with Crippen molar-refractivity contribution in [3.63, 3.8) is 0 Å². The number of hydrogen-bond donors (Lipinski definition) is 1. The van der Waals surface area contributed by atoms with Crippen molar-refractivity contribution in [1.29, 1.82) is 0 Å². The SMILES string of the molecule is COC1CC(C(=O)O)N(C(=O)CCCc2nc(-c3cccs3)no2)C1. The summed E-state index contributed by atoms with van der Waals surface area (Å²) in [6.07, 6.45) is 1.33. The van der Waals surface area contributed by atoms with E-state index in [0.29, 0.717) is 37.5 Å². The van der Waals surface area contributed by atoms with Gasteiger partial charge in [-0.15, -0.1) is 11.3 Å². The van der Waals surface area contributed by atoms with Crippen LogP contribution in [0.15, 0.2) is 22.0 Å². The summed E-state index contributed by atoms with van der Waals surface area (Å²) >= 11 is 1.53. The molecule has 1 aliphatic heterocycles. The van der Waals surface area contributed by atoms with E-state index in [4.69, 9.17) is 9.26 Å². The van der Waals surface area contributed by atoms with Crippen LogP contribution in [-0.4, -0.2) is 57.8 Å². The summed E-state index contributed by atoms with van der Waals surface area (Å²) in [7, 11) is 1.53. The Balaban J connectivity index is 1.51. The first-order valence-electron chi connectivity index (χ1n) is 8.00. The van der Waals surface area contributed by atoms with Crippen LogP contribution in [0.5, 0.6) is 0 Å². The lowest BCUT2D eigenvalue weighted by molar-refractivity contribution is -0.148. The summed E-state index contributed by atoms with van der Waals surface area (Å²) in [6.45, 7) is 0.315. The van der Waals surface area contributed by atoms with Gasteiger partial charge in [0.1, 0.15) is 6.04 Å². The molecule has 1 aliphatic rings. The van der Waals surface area contributed by atoms with Gasteiger partial charge >= 0.3 is 5.97 Å². The molecule has 1 N–H and O–H groups in total. The lowest BCUT2D eigenvalue weighted by atomic mass is 10.2. The van der Waals surface area contributed by atoms with Crippen molar-refractivity contribution in [3.05, 3.63) is 23.4 Å². The molecule has 1 saturated heterocycles. The quantitative estimate of drug-likeness (QED) is 0.798. The van der Waals surface area contributed by atoms with E-state index in [1.165, 1.54) is 23.3 Å². The monoisotopic (exact) mass is 365 g/mol. The van der Waals surface area contributed by atoms with Crippen molar-refractivity contribution >= 4 is 23.2 Å². The number of amides is 1. The Labute approximate surface area is 148 Å². The third-order valence-electron chi connectivity index (χ3n) is 4.19. The van der Waals surface area contributed by atoms with Crippen molar-refractivity contribution in [2.75, 3.05) is 13.7 Å². The fraction of sp³-hybridized carbons (Fsp3) is 0.500. The highest BCUT2D eigenvalue weighted by Gasteiger charge is 2.39. The van der Waals surface area contributed by atoms with Gasteiger partial charge in [0.2, 0.25) is 17.6 Å². The second-order valence-electron chi connectivity index (χ2n) is 5.84. The molecule has 1 amide bonds. The third kappa shape index (κ3) is 4.05. The largest absolute Gasteiger partial charge is 0.480 e. The average Bonchev–Trinajstić information content (AvgIpc) is 3.33. The van der Waals surface area contributed by atoms with E-state index < -0.39 is 12.0 Å². The standard InChI is InChI=1S/C16H19N3O5S/c1-23-10-8-11(16(21)22)19(9-10)14(20)6-2-5-13-17-15(18-24-13)12-4-3-7-25-12/h3-4,7,10-11H,2,5-6,8-9H2,1H3,(H,21,22). The Morgan fingerprint density at radius 3 is 3.04 bits per heavy atom. The summed E-state index contributed by atoms with van der Waals surface area (Å²) in [5.41, 5.74) is 0. The number of carboxylic acid groups (broad SMARTS) is 1. The van der Waals surface area contributed by atoms with E-state index >= 15 is 0 Å². The highest BCUT2D eigenvalue weighted by Crippen LogP contribution is 2.23. The molecule has 2 atom stereocenters. The van der Waals surface area contributed by atoms with Crippen molar-refractivity contribution in [2.24, 2.45) is 0 Å². The molecule has 25 heavy (non-hydrogen) atoms. The Hall–Kier alpha value is -2.26. The van der Waals surface area contributed by atoms with Crippen LogP contribution in [0.4, 0.5) is 0 Å². The van der Waals surface area contributed by atoms with Crippen LogP contribution in [-0.2, 0) is 20.7 Å². The van der Waals surface area contributed by atoms with E-state index in [2.05, 4.69) is 10.1 Å². The molecule has 2 unspecified atom stereocenters. The van der Waals surface area contributed by atoms with Crippen LogP contribution in [0.2, 0.25) is 0 Å². The Morgan fingerprint density at radius 1 is 1.52 bits per heavy atom. The number of nitrogens with zero attached hydrogens (tertiary/aromatic N) is 3. The maximum Gasteiger partial charge on any atom is 0.326 e. The summed E-state index contributed by atoms with van der Waals surface area (Å²) < 4.78 is 10.4. The molecule has 2 aromatic heterocycles. The van der Waals surface area contributed by atoms with Gasteiger partial charge in [-0.2, -0.15) is 4.98 Å². The van der Waals surface area contributed by atoms with Crippen LogP contribution in [0.25, 0.3) is 10.7 Å². The van der Waals surface area contributed by atoms with Gasteiger partial charge in [-0.3, -0.25) is 4.79 Å². The molecule has 0 spiro atoms. The molecule has 134 valence electrons. The number of ether oxygens (including phenoxy) is 1. The number of carboxylic acids is 1. The van der Waals surface area contributed by atoms with Crippen LogP contribution in [0, 0.1) is 0 Å². The highest BCUT2D eigenvalue weighted by atomic mass is 32.1. The van der Waals surface area contributed by atoms with Gasteiger partial charge in [0, 0.05) is 32.9 Å². The Bertz CT molecular complexity index is 730. The number of thiophene rings is 1. The number of aromatic nitrogens is 2. The summed E-state index contributed by atoms with van der Waals surface area (Å²) in [5.74, 6) is -0.165. The topological polar surface area (TPSA) is 106 Å². The summed E-state index contributed by atoms with van der Waals surface area (Å²) in [4.78, 5) is 30.3. The smallest absolute Gasteiger partial charge is 0.326 e. The van der Waals surface area contributed by atoms with Crippen molar-refractivity contribution < 1.29 is 24.0 Å². The van der Waals surface area contributed by atoms with Crippen LogP contribution in [0.3, 0.4) is 0 Å². The Kier molecular flexibility index (Phi) is 5.44.